The summed E-state index contributed by atoms with van der Waals surface area (Å²) in [5.41, 5.74) is 6.03. The van der Waals surface area contributed by atoms with E-state index in [2.05, 4.69) is 11.9 Å². The largest absolute Gasteiger partial charge is 0.490 e. The summed E-state index contributed by atoms with van der Waals surface area (Å²) in [6.45, 7) is 11.9. The number of likely N-dealkylation sites (N-methyl/N-ethyl adjacent to an activating group) is 1. The van der Waals surface area contributed by atoms with Gasteiger partial charge in [-0.15, -0.1) is 0 Å². The van der Waals surface area contributed by atoms with Gasteiger partial charge in [0, 0.05) is 54.1 Å². The number of likely N-dealkylation sites (tertiary alicyclic amines) is 1. The van der Waals surface area contributed by atoms with Gasteiger partial charge in [-0.05, 0) is 83.8 Å². The van der Waals surface area contributed by atoms with Crippen molar-refractivity contribution in [2.75, 3.05) is 33.9 Å². The number of ether oxygens (including phenoxy) is 3. The molecule has 1 atom stereocenters. The first-order valence-corrected chi connectivity index (χ1v) is 14.8. The highest BCUT2D eigenvalue weighted by Crippen LogP contribution is 2.45. The number of hydrogen-bond acceptors (Lipinski definition) is 7. The Morgan fingerprint density at radius 1 is 1.19 bits per heavy atom. The zero-order valence-corrected chi connectivity index (χ0v) is 26.2. The van der Waals surface area contributed by atoms with E-state index in [4.69, 9.17) is 24.3 Å². The molecule has 1 saturated heterocycles. The van der Waals surface area contributed by atoms with E-state index in [1.54, 1.807) is 0 Å². The van der Waals surface area contributed by atoms with E-state index in [0.717, 1.165) is 47.4 Å². The van der Waals surface area contributed by atoms with Gasteiger partial charge in [0.15, 0.2) is 17.7 Å². The van der Waals surface area contributed by atoms with Crippen molar-refractivity contribution < 1.29 is 23.4 Å². The van der Waals surface area contributed by atoms with E-state index >= 15 is 4.39 Å². The number of hydrogen-bond donors (Lipinski definition) is 0. The van der Waals surface area contributed by atoms with Crippen molar-refractivity contribution in [2.45, 2.75) is 65.2 Å². The van der Waals surface area contributed by atoms with Crippen LogP contribution in [0.3, 0.4) is 0 Å². The normalized spacial score (nSPS) is 16.6. The summed E-state index contributed by atoms with van der Waals surface area (Å²) in [5, 5.41) is 5.70. The predicted octanol–water partition coefficient (Wildman–Crippen LogP) is 5.70. The van der Waals surface area contributed by atoms with E-state index < -0.39 is 23.5 Å². The van der Waals surface area contributed by atoms with Gasteiger partial charge in [-0.2, -0.15) is 5.10 Å². The molecule has 0 saturated carbocycles. The number of methoxy groups -OCH3 is 1. The number of carbonyl (C=O) groups excluding carboxylic acids is 1. The van der Waals surface area contributed by atoms with Crippen LogP contribution < -0.4 is 4.74 Å². The highest BCUT2D eigenvalue weighted by Gasteiger charge is 2.35. The molecule has 0 aliphatic carbocycles. The van der Waals surface area contributed by atoms with Gasteiger partial charge >= 0.3 is 5.97 Å². The molecule has 228 valence electrons. The number of esters is 1. The van der Waals surface area contributed by atoms with E-state index in [-0.39, 0.29) is 0 Å². The van der Waals surface area contributed by atoms with Gasteiger partial charge in [0.2, 0.25) is 0 Å². The van der Waals surface area contributed by atoms with Crippen molar-refractivity contribution in [1.29, 1.82) is 0 Å². The van der Waals surface area contributed by atoms with Crippen molar-refractivity contribution in [3.05, 3.63) is 52.6 Å². The monoisotopic (exact) mass is 589 g/mol. The molecule has 3 aromatic heterocycles. The summed E-state index contributed by atoms with van der Waals surface area (Å²) in [7, 11) is 5.40. The molecule has 0 N–H and O–H groups in total. The molecule has 0 spiro atoms. The highest BCUT2D eigenvalue weighted by molar-refractivity contribution is 6.01. The summed E-state index contributed by atoms with van der Waals surface area (Å²) in [6, 6.07) is 5.92. The zero-order chi connectivity index (χ0) is 30.8. The van der Waals surface area contributed by atoms with Crippen LogP contribution in [0.2, 0.25) is 0 Å². The van der Waals surface area contributed by atoms with Crippen LogP contribution in [0.1, 0.15) is 61.7 Å². The van der Waals surface area contributed by atoms with Gasteiger partial charge in [0.05, 0.1) is 31.1 Å². The summed E-state index contributed by atoms with van der Waals surface area (Å²) in [5.74, 6) is -0.650. The zero-order valence-electron chi connectivity index (χ0n) is 26.2. The number of halogens is 1. The second-order valence-corrected chi connectivity index (χ2v) is 12.8. The maximum absolute atomic E-state index is 15.7. The molecule has 0 radical (unpaired) electrons. The number of fused-ring (bicyclic) bond motifs is 2. The third kappa shape index (κ3) is 5.10. The van der Waals surface area contributed by atoms with E-state index in [1.165, 1.54) is 13.2 Å². The Hall–Kier alpha value is -3.76. The van der Waals surface area contributed by atoms with Crippen molar-refractivity contribution in [1.82, 2.24) is 24.2 Å². The van der Waals surface area contributed by atoms with Gasteiger partial charge in [0.1, 0.15) is 11.3 Å². The van der Waals surface area contributed by atoms with Gasteiger partial charge in [-0.25, -0.2) is 14.2 Å². The molecule has 0 unspecified atom stereocenters. The van der Waals surface area contributed by atoms with E-state index in [1.807, 2.05) is 69.2 Å². The molecular formula is C33H40FN5O4. The van der Waals surface area contributed by atoms with E-state index in [9.17, 15) is 4.79 Å². The lowest BCUT2D eigenvalue weighted by Gasteiger charge is -2.36. The average Bonchev–Trinajstić information content (AvgIpc) is 3.55. The Bertz CT molecular complexity index is 1730. The predicted molar refractivity (Wildman–Crippen MR) is 163 cm³/mol. The van der Waals surface area contributed by atoms with Gasteiger partial charge in [-0.3, -0.25) is 4.68 Å². The molecule has 43 heavy (non-hydrogen) atoms. The van der Waals surface area contributed by atoms with E-state index in [0.29, 0.717) is 52.9 Å². The average molecular weight is 590 g/mol. The van der Waals surface area contributed by atoms with Crippen LogP contribution in [-0.2, 0) is 27.7 Å². The van der Waals surface area contributed by atoms with Crippen LogP contribution in [0.15, 0.2) is 24.4 Å². The van der Waals surface area contributed by atoms with Crippen LogP contribution in [-0.4, -0.2) is 69.7 Å². The maximum Gasteiger partial charge on any atom is 0.339 e. The molecule has 1 fully saturated rings. The number of aromatic nitrogens is 4. The van der Waals surface area contributed by atoms with Gasteiger partial charge in [0.25, 0.3) is 0 Å². The first-order chi connectivity index (χ1) is 20.4. The highest BCUT2D eigenvalue weighted by atomic mass is 19.1. The van der Waals surface area contributed by atoms with Crippen molar-refractivity contribution in [3.8, 4) is 28.3 Å². The SMILES string of the molecule is COC(=O)[C@@H](OC(C)(C)C)c1c(C)nc2c(cc(-c3ccn(C4CN(C)C4)n3)n2C)c1-c1cc(F)c2c(c1C)CCCO2. The summed E-state index contributed by atoms with van der Waals surface area (Å²) >= 11 is 0. The van der Waals surface area contributed by atoms with Crippen molar-refractivity contribution in [3.63, 3.8) is 0 Å². The van der Waals surface area contributed by atoms with Crippen LogP contribution in [0.25, 0.3) is 33.5 Å². The number of pyridine rings is 1. The second-order valence-electron chi connectivity index (χ2n) is 12.8. The first kappa shape index (κ1) is 29.3. The number of carbonyl (C=O) groups is 1. The minimum atomic E-state index is -1.08. The second kappa shape index (κ2) is 10.7. The van der Waals surface area contributed by atoms with Gasteiger partial charge in [-0.1, -0.05) is 0 Å². The molecule has 10 heteroatoms. The summed E-state index contributed by atoms with van der Waals surface area (Å²) in [4.78, 5) is 20.6. The number of aryl methyl sites for hydroxylation is 2. The van der Waals surface area contributed by atoms with Crippen LogP contribution in [0.4, 0.5) is 4.39 Å². The molecule has 2 aliphatic rings. The molecule has 2 aliphatic heterocycles. The third-order valence-electron chi connectivity index (χ3n) is 8.55. The molecule has 4 aromatic rings. The Morgan fingerprint density at radius 2 is 1.93 bits per heavy atom. The minimum Gasteiger partial charge on any atom is -0.490 e. The number of benzene rings is 1. The standard InChI is InChI=1S/C33H40FN5O4/c1-18-21-10-9-13-42-29(21)24(34)14-22(18)28-23-15-26(25-11-12-39(36-25)20-16-37(6)17-20)38(7)31(23)35-19(2)27(28)30(32(40)41-8)43-33(3,4)5/h11-12,14-15,20,30H,9-10,13,16-17H2,1-8H3/t30-/m0/s1. The molecule has 1 aromatic carbocycles. The summed E-state index contributed by atoms with van der Waals surface area (Å²) < 4.78 is 37.2. The lowest BCUT2D eigenvalue weighted by Crippen LogP contribution is -2.45. The fourth-order valence-corrected chi connectivity index (χ4v) is 6.43. The van der Waals surface area contributed by atoms with Crippen molar-refractivity contribution >= 4 is 17.0 Å². The lowest BCUT2D eigenvalue weighted by molar-refractivity contribution is -0.164. The van der Waals surface area contributed by atoms with Crippen LogP contribution in [0, 0.1) is 19.7 Å². The molecule has 0 amide bonds. The molecule has 9 nitrogen and oxygen atoms in total. The molecule has 0 bridgehead atoms. The number of nitrogens with zero attached hydrogens (tertiary/aromatic N) is 5. The fourth-order valence-electron chi connectivity index (χ4n) is 6.43. The molecule has 6 rings (SSSR count). The fraction of sp³-hybridized carbons (Fsp3) is 0.485. The lowest BCUT2D eigenvalue weighted by atomic mass is 9.86. The topological polar surface area (TPSA) is 83.6 Å². The third-order valence-corrected chi connectivity index (χ3v) is 8.55. The maximum atomic E-state index is 15.7. The Labute approximate surface area is 251 Å². The first-order valence-electron chi connectivity index (χ1n) is 14.8. The van der Waals surface area contributed by atoms with Gasteiger partial charge < -0.3 is 23.7 Å². The quantitative estimate of drug-likeness (QED) is 0.267. The number of rotatable bonds is 6. The Kier molecular flexibility index (Phi) is 7.33. The Morgan fingerprint density at radius 3 is 2.60 bits per heavy atom. The van der Waals surface area contributed by atoms with Crippen molar-refractivity contribution in [2.24, 2.45) is 7.05 Å². The Balaban J connectivity index is 1.64. The summed E-state index contributed by atoms with van der Waals surface area (Å²) in [6.07, 6.45) is 2.45. The molecule has 5 heterocycles. The van der Waals surface area contributed by atoms with Crippen LogP contribution in [0.5, 0.6) is 5.75 Å². The molecular weight excluding hydrogens is 549 g/mol. The smallest absolute Gasteiger partial charge is 0.339 e. The van der Waals surface area contributed by atoms with Crippen LogP contribution >= 0.6 is 0 Å². The minimum absolute atomic E-state index is 0.312.